The summed E-state index contributed by atoms with van der Waals surface area (Å²) in [6, 6.07) is 15.0. The summed E-state index contributed by atoms with van der Waals surface area (Å²) in [5, 5.41) is 9.77. The molecular weight excluding hydrogens is 416 g/mol. The number of aromatic nitrogens is 1. The number of benzene rings is 2. The van der Waals surface area contributed by atoms with E-state index in [0.717, 1.165) is 15.9 Å². The van der Waals surface area contributed by atoms with E-state index in [1.807, 2.05) is 48.0 Å². The largest absolute Gasteiger partial charge is 0.508 e. The van der Waals surface area contributed by atoms with E-state index in [4.69, 9.17) is 0 Å². The molecular formula is C19H17BrN2O3S. The van der Waals surface area contributed by atoms with Crippen LogP contribution in [0.1, 0.15) is 25.1 Å². The summed E-state index contributed by atoms with van der Waals surface area (Å²) in [4.78, 5) is 0.0712. The van der Waals surface area contributed by atoms with Crippen LogP contribution in [0.15, 0.2) is 70.2 Å². The first-order valence-corrected chi connectivity index (χ1v) is 10.5. The van der Waals surface area contributed by atoms with E-state index >= 15 is 0 Å². The van der Waals surface area contributed by atoms with E-state index < -0.39 is 10.0 Å². The number of aromatic hydroxyl groups is 1. The molecule has 5 nitrogen and oxygen atoms in total. The van der Waals surface area contributed by atoms with Gasteiger partial charge in [-0.05, 0) is 48.9 Å². The first-order valence-electron chi connectivity index (χ1n) is 8.24. The van der Waals surface area contributed by atoms with Crippen LogP contribution in [0.25, 0.3) is 5.69 Å². The summed E-state index contributed by atoms with van der Waals surface area (Å²) in [5.74, 6) is -0.0750. The van der Waals surface area contributed by atoms with Gasteiger partial charge in [-0.15, -0.1) is 0 Å². The molecule has 0 bridgehead atoms. The Labute approximate surface area is 160 Å². The topological polar surface area (TPSA) is 62.5 Å². The SMILES string of the molecule is CCC1c2cccn2-c2ccc(Br)cc2N1S(=O)(=O)c1cccc(O)c1. The maximum absolute atomic E-state index is 13.5. The van der Waals surface area contributed by atoms with Gasteiger partial charge in [-0.3, -0.25) is 4.31 Å². The van der Waals surface area contributed by atoms with E-state index in [9.17, 15) is 13.5 Å². The summed E-state index contributed by atoms with van der Waals surface area (Å²) >= 11 is 3.45. The number of fused-ring (bicyclic) bond motifs is 3. The lowest BCUT2D eigenvalue weighted by Crippen LogP contribution is -2.39. The Balaban J connectivity index is 2.00. The van der Waals surface area contributed by atoms with Crippen molar-refractivity contribution in [3.63, 3.8) is 0 Å². The van der Waals surface area contributed by atoms with Crippen molar-refractivity contribution in [3.05, 3.63) is 71.0 Å². The van der Waals surface area contributed by atoms with Crippen LogP contribution in [0.5, 0.6) is 5.75 Å². The van der Waals surface area contributed by atoms with Gasteiger partial charge < -0.3 is 9.67 Å². The Bertz CT molecular complexity index is 1090. The first-order chi connectivity index (χ1) is 12.4. The highest BCUT2D eigenvalue weighted by atomic mass is 79.9. The molecule has 2 heterocycles. The van der Waals surface area contributed by atoms with E-state index in [2.05, 4.69) is 15.9 Å². The number of rotatable bonds is 3. The number of halogens is 1. The van der Waals surface area contributed by atoms with Crippen molar-refractivity contribution in [1.29, 1.82) is 0 Å². The highest BCUT2D eigenvalue weighted by molar-refractivity contribution is 9.10. The molecule has 0 amide bonds. The normalized spacial score (nSPS) is 16.2. The maximum Gasteiger partial charge on any atom is 0.265 e. The van der Waals surface area contributed by atoms with E-state index in [1.165, 1.54) is 28.6 Å². The highest BCUT2D eigenvalue weighted by Gasteiger charge is 2.38. The Morgan fingerprint density at radius 3 is 2.62 bits per heavy atom. The summed E-state index contributed by atoms with van der Waals surface area (Å²) in [6.45, 7) is 1.97. The molecule has 7 heteroatoms. The molecule has 0 saturated carbocycles. The zero-order valence-electron chi connectivity index (χ0n) is 14.0. The molecule has 0 fully saturated rings. The molecule has 134 valence electrons. The fourth-order valence-corrected chi connectivity index (χ4v) is 5.57. The molecule has 0 spiro atoms. The molecule has 26 heavy (non-hydrogen) atoms. The van der Waals surface area contributed by atoms with Gasteiger partial charge in [0.2, 0.25) is 0 Å². The standard InChI is InChI=1S/C19H17BrN2O3S/c1-2-16-17-7-4-10-21(17)18-9-8-13(20)11-19(18)22(16)26(24,25)15-6-3-5-14(23)12-15/h3-12,16,23H,2H2,1H3. The monoisotopic (exact) mass is 432 g/mol. The fraction of sp³-hybridized carbons (Fsp3) is 0.158. The third-order valence-electron chi connectivity index (χ3n) is 4.60. The minimum atomic E-state index is -3.86. The molecule has 3 aromatic rings. The van der Waals surface area contributed by atoms with E-state index in [1.54, 1.807) is 0 Å². The van der Waals surface area contributed by atoms with Gasteiger partial charge in [-0.2, -0.15) is 0 Å². The average Bonchev–Trinajstić information content (AvgIpc) is 3.09. The van der Waals surface area contributed by atoms with Crippen LogP contribution in [-0.4, -0.2) is 18.1 Å². The van der Waals surface area contributed by atoms with Gasteiger partial charge in [0, 0.05) is 22.4 Å². The van der Waals surface area contributed by atoms with Gasteiger partial charge in [0.1, 0.15) is 5.75 Å². The number of phenolic OH excluding ortho intramolecular Hbond substituents is 1. The molecule has 0 aliphatic carbocycles. The van der Waals surface area contributed by atoms with Crippen molar-refractivity contribution in [2.75, 3.05) is 4.31 Å². The minimum Gasteiger partial charge on any atom is -0.508 e. The highest BCUT2D eigenvalue weighted by Crippen LogP contribution is 2.44. The molecule has 4 rings (SSSR count). The van der Waals surface area contributed by atoms with Crippen LogP contribution in [0.2, 0.25) is 0 Å². The Morgan fingerprint density at radius 1 is 1.08 bits per heavy atom. The molecule has 1 N–H and O–H groups in total. The van der Waals surface area contributed by atoms with Gasteiger partial charge in [0.05, 0.1) is 22.3 Å². The van der Waals surface area contributed by atoms with Gasteiger partial charge in [0.15, 0.2) is 0 Å². The Kier molecular flexibility index (Phi) is 4.08. The third kappa shape index (κ3) is 2.54. The molecule has 0 radical (unpaired) electrons. The zero-order chi connectivity index (χ0) is 18.5. The van der Waals surface area contributed by atoms with Crippen LogP contribution >= 0.6 is 15.9 Å². The summed E-state index contributed by atoms with van der Waals surface area (Å²) < 4.78 is 31.3. The van der Waals surface area contributed by atoms with Crippen molar-refractivity contribution in [1.82, 2.24) is 4.57 Å². The first kappa shape index (κ1) is 17.2. The molecule has 1 unspecified atom stereocenters. The summed E-state index contributed by atoms with van der Waals surface area (Å²) in [7, 11) is -3.86. The second-order valence-electron chi connectivity index (χ2n) is 6.16. The number of anilines is 1. The molecule has 1 aliphatic heterocycles. The van der Waals surface area contributed by atoms with Crippen LogP contribution in [0, 0.1) is 0 Å². The van der Waals surface area contributed by atoms with Crippen molar-refractivity contribution < 1.29 is 13.5 Å². The van der Waals surface area contributed by atoms with Crippen LogP contribution < -0.4 is 4.31 Å². The second-order valence-corrected chi connectivity index (χ2v) is 8.89. The van der Waals surface area contributed by atoms with Crippen LogP contribution in [0.4, 0.5) is 5.69 Å². The van der Waals surface area contributed by atoms with Crippen LogP contribution in [0.3, 0.4) is 0 Å². The van der Waals surface area contributed by atoms with Crippen molar-refractivity contribution in [2.24, 2.45) is 0 Å². The number of hydrogen-bond acceptors (Lipinski definition) is 3. The van der Waals surface area contributed by atoms with Gasteiger partial charge in [0.25, 0.3) is 10.0 Å². The second kappa shape index (κ2) is 6.17. The molecule has 0 saturated heterocycles. The van der Waals surface area contributed by atoms with Gasteiger partial charge in [-0.1, -0.05) is 28.9 Å². The quantitative estimate of drug-likeness (QED) is 0.657. The average molecular weight is 433 g/mol. The lowest BCUT2D eigenvalue weighted by atomic mass is 10.1. The van der Waals surface area contributed by atoms with E-state index in [0.29, 0.717) is 12.1 Å². The lowest BCUT2D eigenvalue weighted by molar-refractivity contribution is 0.473. The smallest absolute Gasteiger partial charge is 0.265 e. The minimum absolute atomic E-state index is 0.0712. The third-order valence-corrected chi connectivity index (χ3v) is 6.91. The van der Waals surface area contributed by atoms with E-state index in [-0.39, 0.29) is 16.7 Å². The lowest BCUT2D eigenvalue weighted by Gasteiger charge is -2.38. The number of nitrogens with zero attached hydrogens (tertiary/aromatic N) is 2. The Morgan fingerprint density at radius 2 is 1.88 bits per heavy atom. The number of phenols is 1. The predicted molar refractivity (Wildman–Crippen MR) is 104 cm³/mol. The molecule has 2 aromatic carbocycles. The van der Waals surface area contributed by atoms with Crippen LogP contribution in [-0.2, 0) is 10.0 Å². The fourth-order valence-electron chi connectivity index (χ4n) is 3.48. The molecule has 1 aromatic heterocycles. The molecule has 1 atom stereocenters. The zero-order valence-corrected chi connectivity index (χ0v) is 16.4. The number of sulfonamides is 1. The molecule has 1 aliphatic rings. The Hall–Kier alpha value is -2.25. The van der Waals surface area contributed by atoms with Gasteiger partial charge >= 0.3 is 0 Å². The predicted octanol–water partition coefficient (Wildman–Crippen LogP) is 4.61. The maximum atomic E-state index is 13.5. The van der Waals surface area contributed by atoms with Crippen molar-refractivity contribution in [3.8, 4) is 11.4 Å². The summed E-state index contributed by atoms with van der Waals surface area (Å²) in [6.07, 6.45) is 2.57. The summed E-state index contributed by atoms with van der Waals surface area (Å²) in [5.41, 5.74) is 2.34. The van der Waals surface area contributed by atoms with Crippen molar-refractivity contribution >= 4 is 31.6 Å². The van der Waals surface area contributed by atoms with Crippen molar-refractivity contribution in [2.45, 2.75) is 24.3 Å². The number of hydrogen-bond donors (Lipinski definition) is 1. The van der Waals surface area contributed by atoms with Gasteiger partial charge in [-0.25, -0.2) is 8.42 Å².